The first-order chi connectivity index (χ1) is 15.8. The summed E-state index contributed by atoms with van der Waals surface area (Å²) in [5.74, 6) is 0.0466. The SMILES string of the molecule is CC(C)(C)c1cc(Br)cc(C=NC2CCCC[C@H]2N=Cc2cc(Br)cc(C(C)(C)C)c2[O-])c1[O-].[Pt+2]. The van der Waals surface area contributed by atoms with Gasteiger partial charge in [0.25, 0.3) is 0 Å². The van der Waals surface area contributed by atoms with Crippen LogP contribution in [0.4, 0.5) is 0 Å². The minimum Gasteiger partial charge on any atom is -0.872 e. The van der Waals surface area contributed by atoms with Gasteiger partial charge in [-0.05, 0) is 70.2 Å². The normalized spacial score (nSPS) is 19.3. The molecule has 0 spiro atoms. The summed E-state index contributed by atoms with van der Waals surface area (Å²) in [5.41, 5.74) is 2.25. The van der Waals surface area contributed by atoms with Crippen LogP contribution >= 0.6 is 31.9 Å². The molecule has 1 unspecified atom stereocenters. The van der Waals surface area contributed by atoms with E-state index in [1.54, 1.807) is 12.4 Å². The zero-order valence-electron chi connectivity index (χ0n) is 21.2. The Kier molecular flexibility index (Phi) is 10.4. The van der Waals surface area contributed by atoms with Crippen LogP contribution in [0, 0.1) is 0 Å². The molecular formula is C28H34Br2N2O2Pt. The molecule has 0 N–H and O–H groups in total. The van der Waals surface area contributed by atoms with E-state index < -0.39 is 0 Å². The number of aliphatic imine (C=N–C) groups is 2. The van der Waals surface area contributed by atoms with Gasteiger partial charge in [0.15, 0.2) is 0 Å². The summed E-state index contributed by atoms with van der Waals surface area (Å²) in [6.45, 7) is 12.3. The van der Waals surface area contributed by atoms with Gasteiger partial charge in [0.2, 0.25) is 0 Å². The van der Waals surface area contributed by atoms with Crippen molar-refractivity contribution in [1.82, 2.24) is 0 Å². The summed E-state index contributed by atoms with van der Waals surface area (Å²) < 4.78 is 1.76. The van der Waals surface area contributed by atoms with Crippen molar-refractivity contribution in [3.8, 4) is 11.5 Å². The minimum absolute atomic E-state index is 0. The Morgan fingerprint density at radius 2 is 1.06 bits per heavy atom. The van der Waals surface area contributed by atoms with E-state index in [0.717, 1.165) is 45.8 Å². The Morgan fingerprint density at radius 1 is 0.714 bits per heavy atom. The second-order valence-electron chi connectivity index (χ2n) is 11.2. The van der Waals surface area contributed by atoms with E-state index in [-0.39, 0.29) is 55.5 Å². The van der Waals surface area contributed by atoms with E-state index in [1.807, 2.05) is 65.8 Å². The van der Waals surface area contributed by atoms with Gasteiger partial charge in [-0.25, -0.2) is 0 Å². The van der Waals surface area contributed by atoms with Gasteiger partial charge in [-0.1, -0.05) is 97.7 Å². The standard InChI is InChI=1S/C28H36Br2N2O2.Pt/c1-27(2,3)21-13-19(29)11-17(25(21)33)15-31-23-9-7-8-10-24(23)32-16-18-12-20(30)14-22(26(18)34)28(4,5)6;/h11-16,23-24,33-34H,7-10H2,1-6H3;/q;+2/p-2/t23-,24?;/m1./s1. The molecule has 1 aliphatic carbocycles. The van der Waals surface area contributed by atoms with Crippen molar-refractivity contribution in [3.63, 3.8) is 0 Å². The van der Waals surface area contributed by atoms with Crippen molar-refractivity contribution in [1.29, 1.82) is 0 Å². The van der Waals surface area contributed by atoms with E-state index >= 15 is 0 Å². The van der Waals surface area contributed by atoms with Crippen molar-refractivity contribution in [2.45, 2.75) is 90.1 Å². The zero-order valence-corrected chi connectivity index (χ0v) is 26.7. The molecule has 3 rings (SSSR count). The van der Waals surface area contributed by atoms with Crippen LogP contribution in [0.15, 0.2) is 43.2 Å². The molecule has 0 bridgehead atoms. The first-order valence-electron chi connectivity index (χ1n) is 11.9. The van der Waals surface area contributed by atoms with Crippen LogP contribution in [0.3, 0.4) is 0 Å². The van der Waals surface area contributed by atoms with Gasteiger partial charge in [-0.3, -0.25) is 9.98 Å². The number of hydrogen-bond donors (Lipinski definition) is 0. The molecule has 2 aromatic carbocycles. The van der Waals surface area contributed by atoms with Crippen LogP contribution in [0.25, 0.3) is 0 Å². The summed E-state index contributed by atoms with van der Waals surface area (Å²) in [6, 6.07) is 7.45. The quantitative estimate of drug-likeness (QED) is 0.321. The number of rotatable bonds is 4. The van der Waals surface area contributed by atoms with Gasteiger partial charge in [0.1, 0.15) is 0 Å². The predicted molar refractivity (Wildman–Crippen MR) is 146 cm³/mol. The predicted octanol–water partition coefficient (Wildman–Crippen LogP) is 6.80. The molecule has 1 saturated carbocycles. The molecule has 0 aromatic heterocycles. The molecule has 192 valence electrons. The second kappa shape index (κ2) is 12.0. The first-order valence-corrected chi connectivity index (χ1v) is 13.4. The van der Waals surface area contributed by atoms with Crippen molar-refractivity contribution >= 4 is 44.3 Å². The summed E-state index contributed by atoms with van der Waals surface area (Å²) >= 11 is 7.09. The third kappa shape index (κ3) is 7.76. The number of benzene rings is 2. The largest absolute Gasteiger partial charge is 2.00 e. The fourth-order valence-electron chi connectivity index (χ4n) is 4.33. The van der Waals surface area contributed by atoms with Crippen molar-refractivity contribution in [3.05, 3.63) is 55.5 Å². The monoisotopic (exact) mass is 783 g/mol. The second-order valence-corrected chi connectivity index (χ2v) is 13.1. The Hall–Kier alpha value is -0.972. The van der Waals surface area contributed by atoms with Gasteiger partial charge in [-0.15, -0.1) is 0 Å². The molecule has 4 nitrogen and oxygen atoms in total. The van der Waals surface area contributed by atoms with Crippen LogP contribution < -0.4 is 10.2 Å². The Balaban J connectivity index is 0.00000432. The summed E-state index contributed by atoms with van der Waals surface area (Å²) in [4.78, 5) is 9.64. The van der Waals surface area contributed by atoms with Crippen LogP contribution in [-0.2, 0) is 31.9 Å². The molecule has 0 radical (unpaired) electrons. The molecular weight excluding hydrogens is 751 g/mol. The van der Waals surface area contributed by atoms with Gasteiger partial charge in [0.05, 0.1) is 12.1 Å². The maximum Gasteiger partial charge on any atom is 2.00 e. The third-order valence-corrected chi connectivity index (χ3v) is 7.20. The molecule has 1 aliphatic rings. The topological polar surface area (TPSA) is 70.8 Å². The van der Waals surface area contributed by atoms with Gasteiger partial charge < -0.3 is 10.2 Å². The minimum atomic E-state index is -0.243. The average molecular weight is 785 g/mol. The maximum atomic E-state index is 13.0. The summed E-state index contributed by atoms with van der Waals surface area (Å²) in [5, 5.41) is 26.1. The fraction of sp³-hybridized carbons (Fsp3) is 0.500. The van der Waals surface area contributed by atoms with E-state index in [2.05, 4.69) is 31.9 Å². The molecule has 0 aliphatic heterocycles. The molecule has 35 heavy (non-hydrogen) atoms. The maximum absolute atomic E-state index is 13.0. The molecule has 2 aromatic rings. The summed E-state index contributed by atoms with van der Waals surface area (Å²) in [6.07, 6.45) is 7.45. The van der Waals surface area contributed by atoms with Gasteiger partial charge in [-0.2, -0.15) is 0 Å². The van der Waals surface area contributed by atoms with Crippen LogP contribution in [0.5, 0.6) is 11.5 Å². The zero-order chi connectivity index (χ0) is 25.3. The Bertz CT molecular complexity index is 1010. The van der Waals surface area contributed by atoms with Crippen LogP contribution in [0.1, 0.15) is 89.5 Å². The van der Waals surface area contributed by atoms with E-state index in [9.17, 15) is 10.2 Å². The van der Waals surface area contributed by atoms with Crippen molar-refractivity contribution < 1.29 is 31.3 Å². The molecule has 0 heterocycles. The van der Waals surface area contributed by atoms with Gasteiger partial charge in [0, 0.05) is 21.4 Å². The molecule has 1 fully saturated rings. The third-order valence-electron chi connectivity index (χ3n) is 6.29. The Labute approximate surface area is 241 Å². The average Bonchev–Trinajstić information content (AvgIpc) is 2.73. The number of halogens is 2. The Morgan fingerprint density at radius 3 is 1.37 bits per heavy atom. The van der Waals surface area contributed by atoms with E-state index in [4.69, 9.17) is 9.98 Å². The van der Waals surface area contributed by atoms with Crippen LogP contribution in [-0.4, -0.2) is 24.5 Å². The molecule has 0 saturated heterocycles. The van der Waals surface area contributed by atoms with Gasteiger partial charge >= 0.3 is 21.1 Å². The number of hydrogen-bond acceptors (Lipinski definition) is 4. The molecule has 0 amide bonds. The summed E-state index contributed by atoms with van der Waals surface area (Å²) in [7, 11) is 0. The van der Waals surface area contributed by atoms with E-state index in [1.165, 1.54) is 0 Å². The van der Waals surface area contributed by atoms with E-state index in [0.29, 0.717) is 11.1 Å². The molecule has 2 atom stereocenters. The van der Waals surface area contributed by atoms with Crippen LogP contribution in [0.2, 0.25) is 0 Å². The molecule has 7 heteroatoms. The van der Waals surface area contributed by atoms with Crippen molar-refractivity contribution in [2.24, 2.45) is 9.98 Å². The fourth-order valence-corrected chi connectivity index (χ4v) is 5.28. The number of nitrogens with zero attached hydrogens (tertiary/aromatic N) is 2. The first kappa shape index (κ1) is 30.3. The van der Waals surface area contributed by atoms with Crippen molar-refractivity contribution in [2.75, 3.05) is 0 Å². The smallest absolute Gasteiger partial charge is 0.872 e.